The maximum atomic E-state index is 5.90. The third-order valence-corrected chi connectivity index (χ3v) is 2.93. The summed E-state index contributed by atoms with van der Waals surface area (Å²) in [4.78, 5) is 4.19. The largest absolute Gasteiger partial charge is 0.334 e. The summed E-state index contributed by atoms with van der Waals surface area (Å²) < 4.78 is 5.96. The van der Waals surface area contributed by atoms with E-state index in [1.807, 2.05) is 6.07 Å². The summed E-state index contributed by atoms with van der Waals surface area (Å²) in [6, 6.07) is 5.10. The van der Waals surface area contributed by atoms with Crippen LogP contribution in [-0.2, 0) is 0 Å². The molecule has 0 saturated heterocycles. The maximum Gasteiger partial charge on any atom is 0.259 e. The van der Waals surface area contributed by atoms with Crippen LogP contribution in [0.5, 0.6) is 0 Å². The van der Waals surface area contributed by atoms with Crippen LogP contribution in [0, 0.1) is 0 Å². The molecule has 1 heterocycles. The summed E-state index contributed by atoms with van der Waals surface area (Å²) in [5.74, 6) is 0.878. The van der Waals surface area contributed by atoms with Crippen LogP contribution in [0.1, 0.15) is 18.8 Å². The molecule has 0 aliphatic heterocycles. The second-order valence-corrected chi connectivity index (χ2v) is 4.66. The Morgan fingerprint density at radius 2 is 2.25 bits per heavy atom. The van der Waals surface area contributed by atoms with Crippen molar-refractivity contribution in [2.45, 2.75) is 13.0 Å². The van der Waals surface area contributed by atoms with Crippen molar-refractivity contribution < 1.29 is 4.52 Å². The average molecular weight is 303 g/mol. The summed E-state index contributed by atoms with van der Waals surface area (Å²) in [6.07, 6.45) is 0. The number of rotatable bonds is 2. The Labute approximate surface area is 106 Å². The zero-order valence-electron chi connectivity index (χ0n) is 8.45. The van der Waals surface area contributed by atoms with Crippen LogP contribution in [0.4, 0.5) is 0 Å². The SMILES string of the molecule is CC(N)c1noc(-c2cc(Cl)ccc2Br)n1. The first-order valence-electron chi connectivity index (χ1n) is 4.62. The fourth-order valence-electron chi connectivity index (χ4n) is 1.19. The predicted molar refractivity (Wildman–Crippen MR) is 65.0 cm³/mol. The second kappa shape index (κ2) is 4.53. The summed E-state index contributed by atoms with van der Waals surface area (Å²) in [7, 11) is 0. The first-order chi connectivity index (χ1) is 7.58. The Kier molecular flexibility index (Phi) is 3.28. The highest BCUT2D eigenvalue weighted by Crippen LogP contribution is 2.30. The van der Waals surface area contributed by atoms with Crippen LogP contribution in [0.15, 0.2) is 27.2 Å². The molecule has 0 bridgehead atoms. The molecule has 0 amide bonds. The molecule has 1 aromatic carbocycles. The van der Waals surface area contributed by atoms with E-state index in [1.54, 1.807) is 19.1 Å². The number of hydrogen-bond donors (Lipinski definition) is 1. The van der Waals surface area contributed by atoms with Gasteiger partial charge in [0.25, 0.3) is 5.89 Å². The van der Waals surface area contributed by atoms with Gasteiger partial charge in [-0.3, -0.25) is 0 Å². The molecule has 84 valence electrons. The van der Waals surface area contributed by atoms with E-state index in [0.29, 0.717) is 16.7 Å². The van der Waals surface area contributed by atoms with Crippen LogP contribution in [0.2, 0.25) is 5.02 Å². The van der Waals surface area contributed by atoms with Crippen molar-refractivity contribution in [2.75, 3.05) is 0 Å². The third-order valence-electron chi connectivity index (χ3n) is 2.01. The molecule has 0 radical (unpaired) electrons. The van der Waals surface area contributed by atoms with E-state index in [2.05, 4.69) is 26.1 Å². The van der Waals surface area contributed by atoms with Crippen molar-refractivity contribution in [1.82, 2.24) is 10.1 Å². The summed E-state index contributed by atoms with van der Waals surface area (Å²) in [5.41, 5.74) is 6.41. The summed E-state index contributed by atoms with van der Waals surface area (Å²) >= 11 is 9.30. The normalized spacial score (nSPS) is 12.8. The lowest BCUT2D eigenvalue weighted by atomic mass is 10.2. The van der Waals surface area contributed by atoms with Crippen molar-refractivity contribution in [3.8, 4) is 11.5 Å². The Hall–Kier alpha value is -0.910. The zero-order chi connectivity index (χ0) is 11.7. The summed E-state index contributed by atoms with van der Waals surface area (Å²) in [6.45, 7) is 1.79. The van der Waals surface area contributed by atoms with E-state index in [0.717, 1.165) is 10.0 Å². The molecule has 1 aromatic heterocycles. The highest BCUT2D eigenvalue weighted by molar-refractivity contribution is 9.10. The van der Waals surface area contributed by atoms with Gasteiger partial charge in [0.2, 0.25) is 0 Å². The molecule has 0 aliphatic carbocycles. The minimum absolute atomic E-state index is 0.254. The molecule has 1 atom stereocenters. The van der Waals surface area contributed by atoms with E-state index >= 15 is 0 Å². The standard InChI is InChI=1S/C10H9BrClN3O/c1-5(13)9-14-10(16-15-9)7-4-6(12)2-3-8(7)11/h2-5H,13H2,1H3. The first kappa shape index (κ1) is 11.6. The van der Waals surface area contributed by atoms with Gasteiger partial charge in [0.15, 0.2) is 5.82 Å². The van der Waals surface area contributed by atoms with Crippen LogP contribution in [-0.4, -0.2) is 10.1 Å². The average Bonchev–Trinajstić information content (AvgIpc) is 2.70. The van der Waals surface area contributed by atoms with Gasteiger partial charge in [0.05, 0.1) is 11.6 Å². The van der Waals surface area contributed by atoms with Crippen molar-refractivity contribution in [1.29, 1.82) is 0 Å². The minimum Gasteiger partial charge on any atom is -0.334 e. The molecular weight excluding hydrogens is 293 g/mol. The number of aromatic nitrogens is 2. The molecule has 1 unspecified atom stereocenters. The first-order valence-corrected chi connectivity index (χ1v) is 5.79. The maximum absolute atomic E-state index is 5.90. The van der Waals surface area contributed by atoms with Gasteiger partial charge in [-0.25, -0.2) is 0 Å². The molecule has 0 fully saturated rings. The number of hydrogen-bond acceptors (Lipinski definition) is 4. The highest BCUT2D eigenvalue weighted by Gasteiger charge is 2.14. The van der Waals surface area contributed by atoms with Gasteiger partial charge in [-0.15, -0.1) is 0 Å². The van der Waals surface area contributed by atoms with Gasteiger partial charge in [0, 0.05) is 9.50 Å². The molecule has 2 N–H and O–H groups in total. The molecule has 6 heteroatoms. The van der Waals surface area contributed by atoms with Crippen molar-refractivity contribution in [3.05, 3.63) is 33.5 Å². The fourth-order valence-corrected chi connectivity index (χ4v) is 1.78. The fraction of sp³-hybridized carbons (Fsp3) is 0.200. The van der Waals surface area contributed by atoms with E-state index in [9.17, 15) is 0 Å². The smallest absolute Gasteiger partial charge is 0.259 e. The van der Waals surface area contributed by atoms with Crippen molar-refractivity contribution in [2.24, 2.45) is 5.73 Å². The van der Waals surface area contributed by atoms with Crippen molar-refractivity contribution >= 4 is 27.5 Å². The Balaban J connectivity index is 2.46. The molecule has 2 aromatic rings. The van der Waals surface area contributed by atoms with E-state index in [-0.39, 0.29) is 6.04 Å². The van der Waals surface area contributed by atoms with Crippen LogP contribution < -0.4 is 5.73 Å². The Morgan fingerprint density at radius 1 is 1.50 bits per heavy atom. The van der Waals surface area contributed by atoms with Gasteiger partial charge in [-0.1, -0.05) is 16.8 Å². The van der Waals surface area contributed by atoms with Gasteiger partial charge in [-0.05, 0) is 41.1 Å². The number of benzene rings is 1. The lowest BCUT2D eigenvalue weighted by Crippen LogP contribution is -2.06. The Morgan fingerprint density at radius 3 is 2.88 bits per heavy atom. The van der Waals surface area contributed by atoms with Gasteiger partial charge >= 0.3 is 0 Å². The Bertz CT molecular complexity index is 513. The van der Waals surface area contributed by atoms with E-state index in [4.69, 9.17) is 21.9 Å². The lowest BCUT2D eigenvalue weighted by Gasteiger charge is -1.99. The molecular formula is C10H9BrClN3O. The molecule has 4 nitrogen and oxygen atoms in total. The van der Waals surface area contributed by atoms with Crippen LogP contribution >= 0.6 is 27.5 Å². The third kappa shape index (κ3) is 2.26. The van der Waals surface area contributed by atoms with Gasteiger partial charge in [-0.2, -0.15) is 4.98 Å². The van der Waals surface area contributed by atoms with Crippen LogP contribution in [0.3, 0.4) is 0 Å². The van der Waals surface area contributed by atoms with Gasteiger partial charge in [0.1, 0.15) is 0 Å². The number of nitrogens with zero attached hydrogens (tertiary/aromatic N) is 2. The zero-order valence-corrected chi connectivity index (χ0v) is 10.8. The van der Waals surface area contributed by atoms with E-state index in [1.165, 1.54) is 0 Å². The topological polar surface area (TPSA) is 64.9 Å². The monoisotopic (exact) mass is 301 g/mol. The number of halogens is 2. The van der Waals surface area contributed by atoms with Crippen LogP contribution in [0.25, 0.3) is 11.5 Å². The molecule has 0 saturated carbocycles. The quantitative estimate of drug-likeness (QED) is 0.925. The van der Waals surface area contributed by atoms with E-state index < -0.39 is 0 Å². The van der Waals surface area contributed by atoms with Crippen molar-refractivity contribution in [3.63, 3.8) is 0 Å². The number of nitrogens with two attached hydrogens (primary N) is 1. The lowest BCUT2D eigenvalue weighted by molar-refractivity contribution is 0.418. The second-order valence-electron chi connectivity index (χ2n) is 3.37. The summed E-state index contributed by atoms with van der Waals surface area (Å²) in [5, 5.41) is 4.40. The predicted octanol–water partition coefficient (Wildman–Crippen LogP) is 3.17. The molecule has 0 spiro atoms. The minimum atomic E-state index is -0.254. The highest BCUT2D eigenvalue weighted by atomic mass is 79.9. The molecule has 2 rings (SSSR count). The molecule has 0 aliphatic rings. The van der Waals surface area contributed by atoms with Gasteiger partial charge < -0.3 is 10.3 Å². The molecule has 16 heavy (non-hydrogen) atoms.